The first-order valence-electron chi connectivity index (χ1n) is 8.55. The Labute approximate surface area is 163 Å². The van der Waals surface area contributed by atoms with Crippen LogP contribution in [0, 0.1) is 5.82 Å². The highest BCUT2D eigenvalue weighted by Gasteiger charge is 2.29. The van der Waals surface area contributed by atoms with Crippen LogP contribution in [-0.2, 0) is 10.0 Å². The number of nitrogens with zero attached hydrogens (tertiary/aromatic N) is 1. The topological polar surface area (TPSA) is 55.8 Å². The molecule has 0 N–H and O–H groups in total. The van der Waals surface area contributed by atoms with E-state index in [1.165, 1.54) is 36.7 Å². The zero-order valence-corrected chi connectivity index (χ0v) is 16.9. The molecule has 2 aromatic rings. The Morgan fingerprint density at radius 3 is 2.52 bits per heavy atom. The summed E-state index contributed by atoms with van der Waals surface area (Å²) in [6, 6.07) is 11.3. The third-order valence-electron chi connectivity index (χ3n) is 4.55. The molecule has 0 aliphatic carbocycles. The monoisotopic (exact) mass is 411 g/mol. The van der Waals surface area contributed by atoms with Gasteiger partial charge in [-0.15, -0.1) is 0 Å². The van der Waals surface area contributed by atoms with E-state index in [4.69, 9.17) is 9.47 Å². The van der Waals surface area contributed by atoms with Crippen molar-refractivity contribution in [1.82, 2.24) is 4.31 Å². The van der Waals surface area contributed by atoms with E-state index in [9.17, 15) is 12.8 Å². The van der Waals surface area contributed by atoms with Gasteiger partial charge >= 0.3 is 0 Å². The predicted molar refractivity (Wildman–Crippen MR) is 105 cm³/mol. The molecule has 1 unspecified atom stereocenters. The van der Waals surface area contributed by atoms with Crippen LogP contribution in [-0.4, -0.2) is 45.8 Å². The number of hydrogen-bond donors (Lipinski definition) is 0. The van der Waals surface area contributed by atoms with Gasteiger partial charge in [0.15, 0.2) is 11.5 Å². The maximum Gasteiger partial charge on any atom is 0.243 e. The second-order valence-electron chi connectivity index (χ2n) is 6.09. The molecule has 1 aliphatic rings. The average molecular weight is 412 g/mol. The van der Waals surface area contributed by atoms with E-state index < -0.39 is 10.0 Å². The van der Waals surface area contributed by atoms with Gasteiger partial charge in [-0.3, -0.25) is 0 Å². The summed E-state index contributed by atoms with van der Waals surface area (Å²) in [5.41, 5.74) is 0.632. The molecule has 146 valence electrons. The third-order valence-corrected chi connectivity index (χ3v) is 7.75. The second-order valence-corrected chi connectivity index (χ2v) is 9.34. The molecule has 1 heterocycles. The van der Waals surface area contributed by atoms with Gasteiger partial charge in [-0.25, -0.2) is 12.8 Å². The van der Waals surface area contributed by atoms with Crippen molar-refractivity contribution in [3.8, 4) is 11.5 Å². The molecule has 0 amide bonds. The van der Waals surface area contributed by atoms with Gasteiger partial charge < -0.3 is 9.47 Å². The lowest BCUT2D eigenvalue weighted by Gasteiger charge is -2.21. The van der Waals surface area contributed by atoms with E-state index in [-0.39, 0.29) is 16.0 Å². The van der Waals surface area contributed by atoms with Crippen LogP contribution in [0.5, 0.6) is 11.5 Å². The van der Waals surface area contributed by atoms with Crippen LogP contribution in [0.1, 0.15) is 17.2 Å². The third kappa shape index (κ3) is 4.23. The number of benzene rings is 2. The molecule has 2 aromatic carbocycles. The number of hydrogen-bond acceptors (Lipinski definition) is 5. The highest BCUT2D eigenvalue weighted by Crippen LogP contribution is 2.37. The summed E-state index contributed by atoms with van der Waals surface area (Å²) in [6.45, 7) is 0.717. The fourth-order valence-electron chi connectivity index (χ4n) is 3.10. The van der Waals surface area contributed by atoms with E-state index in [0.29, 0.717) is 42.3 Å². The smallest absolute Gasteiger partial charge is 0.243 e. The normalized spacial score (nSPS) is 18.7. The van der Waals surface area contributed by atoms with Crippen LogP contribution < -0.4 is 9.47 Å². The van der Waals surface area contributed by atoms with Gasteiger partial charge in [0.05, 0.1) is 19.1 Å². The van der Waals surface area contributed by atoms with Crippen LogP contribution in [0.15, 0.2) is 47.4 Å². The van der Waals surface area contributed by atoms with Gasteiger partial charge in [0.2, 0.25) is 10.0 Å². The standard InChI is InChI=1S/C19H22FNO4S2/c1-24-17-8-7-14(13-18(17)25-2)27(22,23)21-10-9-19(26-12-11-21)15-5-3-4-6-16(15)20/h3-8,13,19H,9-12H2,1-2H3. The maximum absolute atomic E-state index is 14.1. The number of thioether (sulfide) groups is 1. The zero-order valence-electron chi connectivity index (χ0n) is 15.2. The van der Waals surface area contributed by atoms with E-state index in [1.807, 2.05) is 6.07 Å². The largest absolute Gasteiger partial charge is 0.493 e. The fraction of sp³-hybridized carbons (Fsp3) is 0.368. The fourth-order valence-corrected chi connectivity index (χ4v) is 5.94. The minimum atomic E-state index is -3.67. The van der Waals surface area contributed by atoms with Gasteiger partial charge in [-0.2, -0.15) is 16.1 Å². The second kappa shape index (κ2) is 8.50. The number of halogens is 1. The molecule has 5 nitrogen and oxygen atoms in total. The molecule has 1 atom stereocenters. The Morgan fingerprint density at radius 1 is 1.07 bits per heavy atom. The first-order valence-corrected chi connectivity index (χ1v) is 11.0. The summed E-state index contributed by atoms with van der Waals surface area (Å²) in [4.78, 5) is 0.162. The van der Waals surface area contributed by atoms with Crippen molar-refractivity contribution in [2.24, 2.45) is 0 Å². The molecule has 0 radical (unpaired) electrons. The SMILES string of the molecule is COc1ccc(S(=O)(=O)N2CCSC(c3ccccc3F)CC2)cc1OC. The Kier molecular flexibility index (Phi) is 6.29. The van der Waals surface area contributed by atoms with Crippen molar-refractivity contribution in [3.63, 3.8) is 0 Å². The van der Waals surface area contributed by atoms with Gasteiger partial charge in [0.25, 0.3) is 0 Å². The van der Waals surface area contributed by atoms with Crippen molar-refractivity contribution < 1.29 is 22.3 Å². The number of sulfonamides is 1. The molecule has 0 spiro atoms. The molecule has 0 bridgehead atoms. The van der Waals surface area contributed by atoms with Crippen molar-refractivity contribution in [3.05, 3.63) is 53.8 Å². The summed E-state index contributed by atoms with van der Waals surface area (Å²) in [5.74, 6) is 1.20. The van der Waals surface area contributed by atoms with Crippen LogP contribution in [0.2, 0.25) is 0 Å². The Hall–Kier alpha value is -1.77. The molecule has 1 fully saturated rings. The Morgan fingerprint density at radius 2 is 1.81 bits per heavy atom. The average Bonchev–Trinajstić information content (AvgIpc) is 2.94. The predicted octanol–water partition coefficient (Wildman–Crippen LogP) is 3.71. The molecule has 8 heteroatoms. The molecule has 1 aliphatic heterocycles. The lowest BCUT2D eigenvalue weighted by molar-refractivity contribution is 0.353. The van der Waals surface area contributed by atoms with Crippen molar-refractivity contribution >= 4 is 21.8 Å². The van der Waals surface area contributed by atoms with Gasteiger partial charge in [0.1, 0.15) is 5.82 Å². The van der Waals surface area contributed by atoms with Gasteiger partial charge in [-0.1, -0.05) is 18.2 Å². The summed E-state index contributed by atoms with van der Waals surface area (Å²) < 4.78 is 52.1. The maximum atomic E-state index is 14.1. The van der Waals surface area contributed by atoms with Crippen molar-refractivity contribution in [1.29, 1.82) is 0 Å². The van der Waals surface area contributed by atoms with E-state index in [2.05, 4.69) is 0 Å². The minimum absolute atomic E-state index is 0.0585. The molecular weight excluding hydrogens is 389 g/mol. The summed E-state index contributed by atoms with van der Waals surface area (Å²) in [7, 11) is -0.699. The van der Waals surface area contributed by atoms with Crippen LogP contribution in [0.4, 0.5) is 4.39 Å². The Balaban J connectivity index is 1.81. The minimum Gasteiger partial charge on any atom is -0.493 e. The van der Waals surface area contributed by atoms with E-state index >= 15 is 0 Å². The quantitative estimate of drug-likeness (QED) is 0.751. The first-order chi connectivity index (χ1) is 13.0. The first kappa shape index (κ1) is 20.0. The zero-order chi connectivity index (χ0) is 19.4. The van der Waals surface area contributed by atoms with Crippen molar-refractivity contribution in [2.75, 3.05) is 33.1 Å². The highest BCUT2D eigenvalue weighted by atomic mass is 32.2. The molecule has 0 saturated carbocycles. The summed E-state index contributed by atoms with van der Waals surface area (Å²) in [6.07, 6.45) is 0.554. The molecule has 27 heavy (non-hydrogen) atoms. The van der Waals surface area contributed by atoms with E-state index in [0.717, 1.165) is 0 Å². The molecule has 0 aromatic heterocycles. The number of methoxy groups -OCH3 is 2. The van der Waals surface area contributed by atoms with Crippen LogP contribution >= 0.6 is 11.8 Å². The molecular formula is C19H22FNO4S2. The van der Waals surface area contributed by atoms with Crippen molar-refractivity contribution in [2.45, 2.75) is 16.6 Å². The van der Waals surface area contributed by atoms with Gasteiger partial charge in [0, 0.05) is 35.7 Å². The lowest BCUT2D eigenvalue weighted by atomic mass is 10.1. The summed E-state index contributed by atoms with van der Waals surface area (Å²) in [5, 5.41) is -0.0585. The number of rotatable bonds is 5. The van der Waals surface area contributed by atoms with E-state index in [1.54, 1.807) is 30.0 Å². The molecule has 1 saturated heterocycles. The van der Waals surface area contributed by atoms with Crippen LogP contribution in [0.25, 0.3) is 0 Å². The lowest BCUT2D eigenvalue weighted by Crippen LogP contribution is -2.33. The molecule has 3 rings (SSSR count). The Bertz CT molecular complexity index is 904. The summed E-state index contributed by atoms with van der Waals surface area (Å²) >= 11 is 1.59. The highest BCUT2D eigenvalue weighted by molar-refractivity contribution is 7.99. The van der Waals surface area contributed by atoms with Crippen LogP contribution in [0.3, 0.4) is 0 Å². The number of ether oxygens (including phenoxy) is 2. The van der Waals surface area contributed by atoms with Gasteiger partial charge in [-0.05, 0) is 24.6 Å².